The third-order valence-electron chi connectivity index (χ3n) is 8.72. The molecule has 0 bridgehead atoms. The average Bonchev–Trinajstić information content (AvgIpc) is 3.92. The van der Waals surface area contributed by atoms with Gasteiger partial charge in [-0.25, -0.2) is 27.9 Å². The van der Waals surface area contributed by atoms with Crippen molar-refractivity contribution < 1.29 is 32.5 Å². The number of hydrogen-bond donors (Lipinski definition) is 1. The molecule has 15 heteroatoms. The Kier molecular flexibility index (Phi) is 6.88. The maximum atomic E-state index is 13.6. The van der Waals surface area contributed by atoms with Crippen LogP contribution < -0.4 is 5.32 Å². The van der Waals surface area contributed by atoms with Crippen LogP contribution in [-0.4, -0.2) is 85.0 Å². The molecule has 2 saturated heterocycles. The minimum atomic E-state index is -2.92. The van der Waals surface area contributed by atoms with Gasteiger partial charge in [0.05, 0.1) is 49.1 Å². The van der Waals surface area contributed by atoms with Crippen molar-refractivity contribution >= 4 is 17.6 Å². The lowest BCUT2D eigenvalue weighted by Crippen LogP contribution is -2.50. The number of halogens is 2. The van der Waals surface area contributed by atoms with E-state index in [0.717, 1.165) is 25.7 Å². The van der Waals surface area contributed by atoms with Crippen molar-refractivity contribution in [1.82, 2.24) is 40.1 Å². The van der Waals surface area contributed by atoms with E-state index in [-0.39, 0.29) is 49.0 Å². The summed E-state index contributed by atoms with van der Waals surface area (Å²) in [5.41, 5.74) is 1.66. The van der Waals surface area contributed by atoms with E-state index in [0.29, 0.717) is 41.3 Å². The number of carbonyl (C=O) groups is 2. The zero-order chi connectivity index (χ0) is 29.0. The predicted molar refractivity (Wildman–Crippen MR) is 138 cm³/mol. The quantitative estimate of drug-likeness (QED) is 0.417. The second-order valence-electron chi connectivity index (χ2n) is 11.8. The molecule has 2 aliphatic carbocycles. The van der Waals surface area contributed by atoms with Gasteiger partial charge in [-0.15, -0.1) is 0 Å². The molecule has 4 aliphatic rings. The second-order valence-corrected chi connectivity index (χ2v) is 11.8. The monoisotopic (exact) mass is 586 g/mol. The highest BCUT2D eigenvalue weighted by molar-refractivity contribution is 5.93. The zero-order valence-corrected chi connectivity index (χ0v) is 23.1. The molecule has 2 aliphatic heterocycles. The van der Waals surface area contributed by atoms with Gasteiger partial charge in [0.2, 0.25) is 0 Å². The van der Waals surface area contributed by atoms with Crippen LogP contribution in [0.2, 0.25) is 0 Å². The highest BCUT2D eigenvalue weighted by Gasteiger charge is 2.47. The topological polar surface area (TPSA) is 150 Å². The minimum absolute atomic E-state index is 0.0512. The van der Waals surface area contributed by atoms with Crippen molar-refractivity contribution in [3.63, 3.8) is 0 Å². The van der Waals surface area contributed by atoms with E-state index in [1.807, 2.05) is 0 Å². The highest BCUT2D eigenvalue weighted by Crippen LogP contribution is 2.54. The van der Waals surface area contributed by atoms with E-state index >= 15 is 0 Å². The van der Waals surface area contributed by atoms with Crippen molar-refractivity contribution in [3.8, 4) is 0 Å². The zero-order valence-electron chi connectivity index (χ0n) is 23.1. The van der Waals surface area contributed by atoms with Crippen LogP contribution >= 0.6 is 0 Å². The lowest BCUT2D eigenvalue weighted by Gasteiger charge is -2.38. The Morgan fingerprint density at radius 1 is 1.12 bits per heavy atom. The maximum absolute atomic E-state index is 13.6. The van der Waals surface area contributed by atoms with Crippen molar-refractivity contribution in [2.24, 2.45) is 17.8 Å². The Bertz CT molecular complexity index is 1470. The lowest BCUT2D eigenvalue weighted by molar-refractivity contribution is -0.176. The number of nitrogens with one attached hydrogen (secondary N) is 1. The largest absolute Gasteiger partial charge is 0.377 e. The van der Waals surface area contributed by atoms with Crippen LogP contribution in [-0.2, 0) is 14.3 Å². The normalized spacial score (nSPS) is 25.1. The summed E-state index contributed by atoms with van der Waals surface area (Å²) in [6.07, 6.45) is 6.40. The molecule has 2 saturated carbocycles. The number of amides is 2. The molecule has 13 nitrogen and oxygen atoms in total. The number of aromatic nitrogens is 6. The fourth-order valence-electron chi connectivity index (χ4n) is 6.23. The van der Waals surface area contributed by atoms with Gasteiger partial charge < -0.3 is 19.7 Å². The molecule has 3 atom stereocenters. The fourth-order valence-corrected chi connectivity index (χ4v) is 6.23. The number of nitrogens with zero attached hydrogens (tertiary/aromatic N) is 7. The number of alkyl halides is 2. The molecule has 0 aromatic carbocycles. The third-order valence-corrected chi connectivity index (χ3v) is 8.72. The number of morpholine rings is 1. The first kappa shape index (κ1) is 27.3. The summed E-state index contributed by atoms with van der Waals surface area (Å²) in [5.74, 6) is -2.11. The number of ether oxygens (including phenoxy) is 2. The Balaban J connectivity index is 1.16. The molecular formula is C27H32F2N8O5. The SMILES string of the molecule is Cc1nonc1C(=O)N[C@H](c1cn2ncc([C@@H]3COCCN3C(=O)[C@@H]3CCC(F)(F)CO3)nc2n1)C(C1CC1)C1CC1. The number of rotatable bonds is 8. The molecule has 3 aromatic heterocycles. The van der Waals surface area contributed by atoms with E-state index in [9.17, 15) is 18.4 Å². The number of hydrogen-bond acceptors (Lipinski definition) is 10. The summed E-state index contributed by atoms with van der Waals surface area (Å²) in [7, 11) is 0. The summed E-state index contributed by atoms with van der Waals surface area (Å²) in [6.45, 7) is 1.68. The third kappa shape index (κ3) is 5.35. The van der Waals surface area contributed by atoms with E-state index in [4.69, 9.17) is 24.1 Å². The summed E-state index contributed by atoms with van der Waals surface area (Å²) < 4.78 is 44.4. The second kappa shape index (κ2) is 10.6. The molecule has 0 radical (unpaired) electrons. The molecule has 0 spiro atoms. The first-order valence-electron chi connectivity index (χ1n) is 14.5. The van der Waals surface area contributed by atoms with Crippen LogP contribution in [0, 0.1) is 24.7 Å². The molecule has 2 amide bonds. The summed E-state index contributed by atoms with van der Waals surface area (Å²) in [4.78, 5) is 37.6. The van der Waals surface area contributed by atoms with Crippen molar-refractivity contribution in [2.45, 2.75) is 69.6 Å². The molecule has 3 aromatic rings. The van der Waals surface area contributed by atoms with Gasteiger partial charge in [-0.05, 0) is 61.9 Å². The first-order valence-corrected chi connectivity index (χ1v) is 14.5. The van der Waals surface area contributed by atoms with Gasteiger partial charge in [-0.3, -0.25) is 9.59 Å². The Labute approximate surface area is 239 Å². The minimum Gasteiger partial charge on any atom is -0.377 e. The predicted octanol–water partition coefficient (Wildman–Crippen LogP) is 2.44. The van der Waals surface area contributed by atoms with Gasteiger partial charge in [0, 0.05) is 13.0 Å². The number of carbonyl (C=O) groups excluding carboxylic acids is 2. The number of aryl methyl sites for hydroxylation is 1. The molecule has 4 fully saturated rings. The van der Waals surface area contributed by atoms with Crippen LogP contribution in [0.3, 0.4) is 0 Å². The van der Waals surface area contributed by atoms with Crippen molar-refractivity contribution in [3.05, 3.63) is 35.2 Å². The molecular weight excluding hydrogens is 554 g/mol. The summed E-state index contributed by atoms with van der Waals surface area (Å²) >= 11 is 0. The number of imidazole rings is 1. The molecule has 0 unspecified atom stereocenters. The van der Waals surface area contributed by atoms with Crippen LogP contribution in [0.25, 0.3) is 5.78 Å². The van der Waals surface area contributed by atoms with Gasteiger partial charge in [0.1, 0.15) is 18.4 Å². The van der Waals surface area contributed by atoms with Crippen molar-refractivity contribution in [1.29, 1.82) is 0 Å². The van der Waals surface area contributed by atoms with Crippen LogP contribution in [0.1, 0.15) is 78.2 Å². The Morgan fingerprint density at radius 3 is 2.57 bits per heavy atom. The van der Waals surface area contributed by atoms with Gasteiger partial charge in [-0.1, -0.05) is 5.16 Å². The molecule has 1 N–H and O–H groups in total. The van der Waals surface area contributed by atoms with Crippen LogP contribution in [0.4, 0.5) is 8.78 Å². The molecule has 7 rings (SSSR count). The lowest BCUT2D eigenvalue weighted by atomic mass is 9.87. The molecule has 224 valence electrons. The van der Waals surface area contributed by atoms with E-state index in [1.165, 1.54) is 0 Å². The van der Waals surface area contributed by atoms with Crippen molar-refractivity contribution in [2.75, 3.05) is 26.4 Å². The van der Waals surface area contributed by atoms with E-state index < -0.39 is 31.1 Å². The molecule has 42 heavy (non-hydrogen) atoms. The first-order chi connectivity index (χ1) is 20.3. The van der Waals surface area contributed by atoms with Gasteiger partial charge in [0.25, 0.3) is 23.5 Å². The standard InChI is InChI=1S/C27H32F2N8O5/c1-14-22(35-42-34-14)24(38)33-23(21(15-2-3-15)16-4-5-16)18-11-37-26(32-18)31-17(10-30-37)19-12-40-9-8-36(19)25(39)20-6-7-27(28,29)13-41-20/h10-11,15-16,19-21,23H,2-9,12-13H2,1H3,(H,33,38)/t19-,20-,23+/m0/s1. The Hall–Kier alpha value is -3.59. The number of fused-ring (bicyclic) bond motifs is 1. The van der Waals surface area contributed by atoms with E-state index in [1.54, 1.807) is 28.7 Å². The Morgan fingerprint density at radius 2 is 1.90 bits per heavy atom. The fraction of sp³-hybridized carbons (Fsp3) is 0.667. The highest BCUT2D eigenvalue weighted by atomic mass is 19.3. The summed E-state index contributed by atoms with van der Waals surface area (Å²) in [6, 6.07) is -0.947. The summed E-state index contributed by atoms with van der Waals surface area (Å²) in [5, 5.41) is 15.2. The van der Waals surface area contributed by atoms with Gasteiger partial charge in [0.15, 0.2) is 5.69 Å². The van der Waals surface area contributed by atoms with E-state index in [2.05, 4.69) is 20.7 Å². The van der Waals surface area contributed by atoms with Crippen LogP contribution in [0.5, 0.6) is 0 Å². The smallest absolute Gasteiger partial charge is 0.276 e. The average molecular weight is 587 g/mol. The molecule has 5 heterocycles. The van der Waals surface area contributed by atoms with Gasteiger partial charge in [-0.2, -0.15) is 5.10 Å². The maximum Gasteiger partial charge on any atom is 0.276 e. The van der Waals surface area contributed by atoms with Gasteiger partial charge >= 0.3 is 0 Å². The van der Waals surface area contributed by atoms with Crippen LogP contribution in [0.15, 0.2) is 17.0 Å².